The Kier molecular flexibility index (Phi) is 5.81. The van der Waals surface area contributed by atoms with Gasteiger partial charge in [0.05, 0.1) is 27.8 Å². The highest BCUT2D eigenvalue weighted by molar-refractivity contribution is 6.07. The average molecular weight is 444 g/mol. The first kappa shape index (κ1) is 21.6. The number of hydrazine groups is 1. The quantitative estimate of drug-likeness (QED) is 0.357. The summed E-state index contributed by atoms with van der Waals surface area (Å²) in [7, 11) is 0. The van der Waals surface area contributed by atoms with Crippen molar-refractivity contribution >= 4 is 28.5 Å². The topological polar surface area (TPSA) is 132 Å². The molecule has 0 aliphatic heterocycles. The molecule has 0 spiro atoms. The van der Waals surface area contributed by atoms with Crippen molar-refractivity contribution in [2.45, 2.75) is 19.9 Å². The summed E-state index contributed by atoms with van der Waals surface area (Å²) in [5.41, 5.74) is 7.06. The van der Waals surface area contributed by atoms with Gasteiger partial charge in [0, 0.05) is 29.3 Å². The number of benzene rings is 2. The van der Waals surface area contributed by atoms with Crippen molar-refractivity contribution in [3.8, 4) is 11.3 Å². The number of pyridine rings is 1. The minimum Gasteiger partial charge on any atom is -0.267 e. The van der Waals surface area contributed by atoms with Crippen molar-refractivity contribution < 1.29 is 14.5 Å². The molecule has 2 aromatic carbocycles. The number of non-ortho nitro benzene ring substituents is 1. The van der Waals surface area contributed by atoms with E-state index in [0.717, 1.165) is 5.56 Å². The van der Waals surface area contributed by atoms with Gasteiger partial charge < -0.3 is 0 Å². The summed E-state index contributed by atoms with van der Waals surface area (Å²) in [4.78, 5) is 40.3. The van der Waals surface area contributed by atoms with Gasteiger partial charge in [0.2, 0.25) is 0 Å². The molecule has 0 radical (unpaired) electrons. The Bertz CT molecular complexity index is 1350. The number of aromatic nitrogens is 3. The van der Waals surface area contributed by atoms with Gasteiger partial charge in [0.25, 0.3) is 17.5 Å². The van der Waals surface area contributed by atoms with Crippen molar-refractivity contribution in [1.82, 2.24) is 25.6 Å². The summed E-state index contributed by atoms with van der Waals surface area (Å²) < 4.78 is 1.73. The lowest BCUT2D eigenvalue weighted by Crippen LogP contribution is -2.41. The van der Waals surface area contributed by atoms with E-state index >= 15 is 0 Å². The van der Waals surface area contributed by atoms with Gasteiger partial charge in [-0.15, -0.1) is 0 Å². The van der Waals surface area contributed by atoms with Crippen molar-refractivity contribution in [1.29, 1.82) is 0 Å². The van der Waals surface area contributed by atoms with E-state index in [1.807, 2.05) is 44.2 Å². The number of fused-ring (bicyclic) bond motifs is 1. The largest absolute Gasteiger partial charge is 0.270 e. The number of nitro groups is 1. The highest BCUT2D eigenvalue weighted by atomic mass is 16.6. The molecule has 0 saturated heterocycles. The lowest BCUT2D eigenvalue weighted by atomic mass is 10.1. The maximum atomic E-state index is 13.0. The molecule has 2 N–H and O–H groups in total. The van der Waals surface area contributed by atoms with Crippen LogP contribution in [-0.4, -0.2) is 31.5 Å². The lowest BCUT2D eigenvalue weighted by molar-refractivity contribution is -0.384. The zero-order valence-electron chi connectivity index (χ0n) is 17.9. The lowest BCUT2D eigenvalue weighted by Gasteiger charge is -2.11. The first-order chi connectivity index (χ1) is 15.8. The average Bonchev–Trinajstić information content (AvgIpc) is 3.26. The normalized spacial score (nSPS) is 10.9. The monoisotopic (exact) mass is 444 g/mol. The van der Waals surface area contributed by atoms with Crippen LogP contribution in [0.4, 0.5) is 5.69 Å². The molecule has 10 nitrogen and oxygen atoms in total. The summed E-state index contributed by atoms with van der Waals surface area (Å²) >= 11 is 0. The predicted octanol–water partition coefficient (Wildman–Crippen LogP) is 3.66. The number of nitro benzene ring substituents is 1. The fourth-order valence-electron chi connectivity index (χ4n) is 3.33. The predicted molar refractivity (Wildman–Crippen MR) is 121 cm³/mol. The molecule has 0 fully saturated rings. The second-order valence-corrected chi connectivity index (χ2v) is 7.55. The Morgan fingerprint density at radius 2 is 1.67 bits per heavy atom. The number of rotatable bonds is 5. The first-order valence-corrected chi connectivity index (χ1v) is 10.1. The molecule has 0 aliphatic carbocycles. The van der Waals surface area contributed by atoms with Crippen molar-refractivity contribution in [3.05, 3.63) is 88.1 Å². The maximum Gasteiger partial charge on any atom is 0.270 e. The van der Waals surface area contributed by atoms with E-state index in [9.17, 15) is 19.7 Å². The smallest absolute Gasteiger partial charge is 0.267 e. The summed E-state index contributed by atoms with van der Waals surface area (Å²) in [6, 6.07) is 16.2. The molecule has 10 heteroatoms. The number of hydrogen-bond acceptors (Lipinski definition) is 6. The molecule has 2 amide bonds. The van der Waals surface area contributed by atoms with Crippen LogP contribution in [-0.2, 0) is 0 Å². The number of carbonyl (C=O) groups excluding carboxylic acids is 2. The van der Waals surface area contributed by atoms with E-state index in [1.54, 1.807) is 16.9 Å². The van der Waals surface area contributed by atoms with Crippen LogP contribution in [0.2, 0.25) is 0 Å². The molecular formula is C23H20N6O4. The van der Waals surface area contributed by atoms with Gasteiger partial charge in [-0.25, -0.2) is 9.67 Å². The minimum absolute atomic E-state index is 0.0266. The van der Waals surface area contributed by atoms with Crippen molar-refractivity contribution in [2.24, 2.45) is 0 Å². The van der Waals surface area contributed by atoms with E-state index in [2.05, 4.69) is 16.0 Å². The molecular weight excluding hydrogens is 424 g/mol. The van der Waals surface area contributed by atoms with Crippen LogP contribution in [0.1, 0.15) is 40.6 Å². The fraction of sp³-hybridized carbons (Fsp3) is 0.130. The second-order valence-electron chi connectivity index (χ2n) is 7.55. The van der Waals surface area contributed by atoms with Gasteiger partial charge in [0.1, 0.15) is 0 Å². The minimum atomic E-state index is -0.607. The van der Waals surface area contributed by atoms with E-state index in [0.29, 0.717) is 22.3 Å². The third kappa shape index (κ3) is 4.40. The van der Waals surface area contributed by atoms with Gasteiger partial charge in [-0.2, -0.15) is 5.10 Å². The van der Waals surface area contributed by atoms with Crippen LogP contribution < -0.4 is 10.9 Å². The van der Waals surface area contributed by atoms with Crippen LogP contribution in [0.15, 0.2) is 66.9 Å². The Morgan fingerprint density at radius 1 is 1.00 bits per heavy atom. The van der Waals surface area contributed by atoms with E-state index in [1.165, 1.54) is 24.3 Å². The molecule has 0 unspecified atom stereocenters. The van der Waals surface area contributed by atoms with Crippen LogP contribution in [0, 0.1) is 10.1 Å². The van der Waals surface area contributed by atoms with Crippen LogP contribution in [0.5, 0.6) is 0 Å². The molecule has 0 aliphatic rings. The highest BCUT2D eigenvalue weighted by Gasteiger charge is 2.19. The molecule has 4 aromatic rings. The van der Waals surface area contributed by atoms with Crippen LogP contribution in [0.25, 0.3) is 22.3 Å². The first-order valence-electron chi connectivity index (χ1n) is 10.1. The summed E-state index contributed by atoms with van der Waals surface area (Å²) in [6.45, 7) is 3.93. The van der Waals surface area contributed by atoms with Gasteiger partial charge >= 0.3 is 0 Å². The van der Waals surface area contributed by atoms with E-state index in [4.69, 9.17) is 4.98 Å². The van der Waals surface area contributed by atoms with Gasteiger partial charge in [-0.1, -0.05) is 30.3 Å². The molecule has 166 valence electrons. The standard InChI is InChI=1S/C23H20N6O4/c1-14(2)28-21-19(13-24-28)18(12-20(25-21)15-6-4-3-5-7-15)23(31)27-26-22(30)16-8-10-17(11-9-16)29(32)33/h3-14H,1-2H3,(H,26,30)(H,27,31). The zero-order chi connectivity index (χ0) is 23.5. The Labute approximate surface area is 188 Å². The van der Waals surface area contributed by atoms with Crippen molar-refractivity contribution in [3.63, 3.8) is 0 Å². The Hall–Kier alpha value is -4.60. The molecule has 2 heterocycles. The molecule has 0 atom stereocenters. The zero-order valence-corrected chi connectivity index (χ0v) is 17.9. The molecule has 33 heavy (non-hydrogen) atoms. The summed E-state index contributed by atoms with van der Waals surface area (Å²) in [5.74, 6) is -1.15. The molecule has 0 saturated carbocycles. The third-order valence-corrected chi connectivity index (χ3v) is 5.00. The SMILES string of the molecule is CC(C)n1ncc2c(C(=O)NNC(=O)c3ccc([N+](=O)[O-])cc3)cc(-c3ccccc3)nc21. The van der Waals surface area contributed by atoms with Crippen LogP contribution in [0.3, 0.4) is 0 Å². The number of hydrogen-bond donors (Lipinski definition) is 2. The number of nitrogens with one attached hydrogen (secondary N) is 2. The Balaban J connectivity index is 1.63. The molecule has 4 rings (SSSR count). The number of nitrogens with zero attached hydrogens (tertiary/aromatic N) is 4. The van der Waals surface area contributed by atoms with E-state index in [-0.39, 0.29) is 17.3 Å². The summed E-state index contributed by atoms with van der Waals surface area (Å²) in [5, 5.41) is 15.7. The van der Waals surface area contributed by atoms with Gasteiger partial charge in [-0.05, 0) is 32.0 Å². The van der Waals surface area contributed by atoms with Crippen LogP contribution >= 0.6 is 0 Å². The van der Waals surface area contributed by atoms with E-state index < -0.39 is 16.7 Å². The van der Waals surface area contributed by atoms with Gasteiger partial charge in [0.15, 0.2) is 5.65 Å². The molecule has 2 aromatic heterocycles. The molecule has 0 bridgehead atoms. The fourth-order valence-corrected chi connectivity index (χ4v) is 3.33. The van der Waals surface area contributed by atoms with Crippen molar-refractivity contribution in [2.75, 3.05) is 0 Å². The third-order valence-electron chi connectivity index (χ3n) is 5.00. The summed E-state index contributed by atoms with van der Waals surface area (Å²) in [6.07, 6.45) is 1.57. The second kappa shape index (κ2) is 8.87. The highest BCUT2D eigenvalue weighted by Crippen LogP contribution is 2.26. The number of carbonyl (C=O) groups is 2. The Morgan fingerprint density at radius 3 is 2.30 bits per heavy atom. The maximum absolute atomic E-state index is 13.0. The number of amides is 2. The van der Waals surface area contributed by atoms with Gasteiger partial charge in [-0.3, -0.25) is 30.6 Å².